The molecule has 0 radical (unpaired) electrons. The summed E-state index contributed by atoms with van der Waals surface area (Å²) in [6, 6.07) is 0. The van der Waals surface area contributed by atoms with E-state index in [-0.39, 0.29) is 0 Å². The maximum Gasteiger partial charge on any atom is 0.0699 e. The maximum atomic E-state index is 2.34. The molecule has 0 aromatic heterocycles. The molecule has 0 amide bonds. The van der Waals surface area contributed by atoms with Crippen LogP contribution in [-0.4, -0.2) is 0 Å². The first-order valence-corrected chi connectivity index (χ1v) is 16.8. The van der Waals surface area contributed by atoms with Gasteiger partial charge in [-0.2, -0.15) is 0 Å². The van der Waals surface area contributed by atoms with E-state index in [1.165, 1.54) is 116 Å². The first-order valence-electron chi connectivity index (χ1n) is 13.5. The lowest BCUT2D eigenvalue weighted by atomic mass is 10.1. The van der Waals surface area contributed by atoms with Crippen LogP contribution in [0.2, 0.25) is 0 Å². The van der Waals surface area contributed by atoms with Gasteiger partial charge < -0.3 is 0 Å². The molecule has 0 nitrogen and oxygen atoms in total. The minimum absolute atomic E-state index is 1.29. The van der Waals surface area contributed by atoms with Crippen molar-refractivity contribution in [3.05, 3.63) is 28.1 Å². The van der Waals surface area contributed by atoms with Gasteiger partial charge >= 0.3 is 0 Å². The topological polar surface area (TPSA) is 0 Å². The minimum Gasteiger partial charge on any atom is -0.0849 e. The van der Waals surface area contributed by atoms with Crippen molar-refractivity contribution in [3.63, 3.8) is 0 Å². The van der Waals surface area contributed by atoms with Crippen molar-refractivity contribution in [3.8, 4) is 0 Å². The quantitative estimate of drug-likeness (QED) is 0.167. The van der Waals surface area contributed by atoms with Gasteiger partial charge in [0.2, 0.25) is 0 Å². The molecule has 0 N–H and O–H groups in total. The number of thioether (sulfide) groups is 4. The van der Waals surface area contributed by atoms with Gasteiger partial charge in [-0.3, -0.25) is 0 Å². The number of hydrogen-bond acceptors (Lipinski definition) is 4. The smallest absolute Gasteiger partial charge is 0.0699 e. The van der Waals surface area contributed by atoms with E-state index in [0.717, 1.165) is 0 Å². The summed E-state index contributed by atoms with van der Waals surface area (Å²) in [5.41, 5.74) is 0. The van der Waals surface area contributed by atoms with E-state index in [2.05, 4.69) is 51.2 Å². The summed E-state index contributed by atoms with van der Waals surface area (Å²) >= 11 is 8.28. The van der Waals surface area contributed by atoms with Gasteiger partial charge in [0.1, 0.15) is 0 Å². The fourth-order valence-corrected chi connectivity index (χ4v) is 10.00. The third kappa shape index (κ3) is 11.4. The molecule has 2 aliphatic rings. The highest BCUT2D eigenvalue weighted by atomic mass is 32.2. The van der Waals surface area contributed by atoms with Crippen molar-refractivity contribution in [1.29, 1.82) is 0 Å². The number of allylic oxidation sites excluding steroid dienone is 4. The minimum atomic E-state index is 1.29. The summed E-state index contributed by atoms with van der Waals surface area (Å²) in [6.45, 7) is 9.29. The average molecular weight is 513 g/mol. The molecule has 0 saturated carbocycles. The molecule has 32 heavy (non-hydrogen) atoms. The number of hydrogen-bond donors (Lipinski definition) is 0. The molecule has 4 heteroatoms. The van der Waals surface area contributed by atoms with Crippen LogP contribution in [0.3, 0.4) is 0 Å². The second-order valence-corrected chi connectivity index (χ2v) is 14.6. The fraction of sp³-hybridized carbons (Fsp3) is 0.786. The number of unbranched alkanes of at least 4 members (excludes halogenated alkanes) is 14. The normalized spacial score (nSPS) is 19.1. The summed E-state index contributed by atoms with van der Waals surface area (Å²) in [5.74, 6) is 0. The lowest BCUT2D eigenvalue weighted by Gasteiger charge is -2.05. The predicted molar refractivity (Wildman–Crippen MR) is 157 cm³/mol. The Balaban J connectivity index is 1.61. The number of rotatable bonds is 18. The molecule has 0 spiro atoms. The molecule has 2 aliphatic heterocycles. The summed E-state index contributed by atoms with van der Waals surface area (Å²) in [6.07, 6.45) is 25.2. The molecular weight excluding hydrogens is 465 g/mol. The van der Waals surface area contributed by atoms with Crippen LogP contribution in [-0.2, 0) is 0 Å². The molecule has 184 valence electrons. The standard InChI is InChI=1S/C28H48S4/c1-5-7-9-11-13-15-17-19-21-25-23(3)29-27(31-25)28-30-24(4)26(32-28)22-20-18-16-14-12-10-8-6-2/h5-22H2,1-4H3. The summed E-state index contributed by atoms with van der Waals surface area (Å²) in [7, 11) is 0. The monoisotopic (exact) mass is 512 g/mol. The van der Waals surface area contributed by atoms with Gasteiger partial charge in [-0.25, -0.2) is 0 Å². The van der Waals surface area contributed by atoms with Crippen LogP contribution < -0.4 is 0 Å². The van der Waals surface area contributed by atoms with Gasteiger partial charge in [0.25, 0.3) is 0 Å². The molecule has 0 saturated heterocycles. The van der Waals surface area contributed by atoms with Gasteiger partial charge in [0.05, 0.1) is 8.47 Å². The largest absolute Gasteiger partial charge is 0.0849 e. The fourth-order valence-electron chi connectivity index (χ4n) is 4.26. The van der Waals surface area contributed by atoms with Crippen molar-refractivity contribution in [2.45, 2.75) is 143 Å². The highest BCUT2D eigenvalue weighted by Crippen LogP contribution is 2.60. The van der Waals surface area contributed by atoms with Crippen LogP contribution in [0.15, 0.2) is 28.1 Å². The van der Waals surface area contributed by atoms with Crippen LogP contribution in [0.4, 0.5) is 0 Å². The van der Waals surface area contributed by atoms with Crippen LogP contribution in [0, 0.1) is 0 Å². The van der Waals surface area contributed by atoms with Gasteiger partial charge in [0.15, 0.2) is 0 Å². The molecule has 0 aliphatic carbocycles. The molecule has 0 aromatic rings. The highest BCUT2D eigenvalue weighted by Gasteiger charge is 2.26. The summed E-state index contributed by atoms with van der Waals surface area (Å²) in [4.78, 5) is 6.43. The zero-order valence-corrected chi connectivity index (χ0v) is 24.6. The van der Waals surface area contributed by atoms with E-state index >= 15 is 0 Å². The van der Waals surface area contributed by atoms with E-state index in [9.17, 15) is 0 Å². The van der Waals surface area contributed by atoms with E-state index in [1.807, 2.05) is 23.5 Å². The van der Waals surface area contributed by atoms with E-state index in [0.29, 0.717) is 0 Å². The lowest BCUT2D eigenvalue weighted by Crippen LogP contribution is -1.82. The molecule has 0 fully saturated rings. The Bertz CT molecular complexity index is 575. The summed E-state index contributed by atoms with van der Waals surface area (Å²) < 4.78 is 3.13. The van der Waals surface area contributed by atoms with Gasteiger partial charge in [-0.1, -0.05) is 151 Å². The van der Waals surface area contributed by atoms with Gasteiger partial charge in [-0.05, 0) is 59.2 Å². The first-order chi connectivity index (χ1) is 15.7. The van der Waals surface area contributed by atoms with Crippen LogP contribution >= 0.6 is 47.0 Å². The molecule has 2 heterocycles. The van der Waals surface area contributed by atoms with Crippen molar-refractivity contribution in [1.82, 2.24) is 0 Å². The van der Waals surface area contributed by atoms with Crippen molar-refractivity contribution in [2.24, 2.45) is 0 Å². The van der Waals surface area contributed by atoms with E-state index < -0.39 is 0 Å². The Kier molecular flexibility index (Phi) is 16.2. The zero-order chi connectivity index (χ0) is 23.0. The SMILES string of the molecule is CCCCCCCCCCC1=C(C)SC(=C2SC(C)=C(CCCCCCCCCC)S2)S1. The van der Waals surface area contributed by atoms with Crippen molar-refractivity contribution in [2.75, 3.05) is 0 Å². The molecule has 2 rings (SSSR count). The Hall–Kier alpha value is 0.620. The van der Waals surface area contributed by atoms with Crippen LogP contribution in [0.5, 0.6) is 0 Å². The van der Waals surface area contributed by atoms with Crippen molar-refractivity contribution >= 4 is 47.0 Å². The summed E-state index contributed by atoms with van der Waals surface area (Å²) in [5, 5.41) is 0. The van der Waals surface area contributed by atoms with Gasteiger partial charge in [-0.15, -0.1) is 0 Å². The highest BCUT2D eigenvalue weighted by molar-refractivity contribution is 8.34. The molecule has 0 unspecified atom stereocenters. The Morgan fingerprint density at radius 3 is 1.06 bits per heavy atom. The molecular formula is C28H48S4. The molecule has 0 aromatic carbocycles. The van der Waals surface area contributed by atoms with Crippen LogP contribution in [0.25, 0.3) is 0 Å². The second kappa shape index (κ2) is 18.0. The molecule has 0 atom stereocenters. The Morgan fingerprint density at radius 1 is 0.406 bits per heavy atom. The maximum absolute atomic E-state index is 2.34. The van der Waals surface area contributed by atoms with E-state index in [1.54, 1.807) is 28.1 Å². The van der Waals surface area contributed by atoms with Gasteiger partial charge in [0, 0.05) is 0 Å². The van der Waals surface area contributed by atoms with E-state index in [4.69, 9.17) is 0 Å². The second-order valence-electron chi connectivity index (χ2n) is 9.39. The Morgan fingerprint density at radius 2 is 0.719 bits per heavy atom. The average Bonchev–Trinajstić information content (AvgIpc) is 3.34. The predicted octanol–water partition coefficient (Wildman–Crippen LogP) is 12.6. The first kappa shape index (κ1) is 28.9. The zero-order valence-electron chi connectivity index (χ0n) is 21.4. The van der Waals surface area contributed by atoms with Crippen LogP contribution in [0.1, 0.15) is 143 Å². The third-order valence-corrected chi connectivity index (χ3v) is 12.3. The lowest BCUT2D eigenvalue weighted by molar-refractivity contribution is 0.577. The van der Waals surface area contributed by atoms with Crippen molar-refractivity contribution < 1.29 is 0 Å². The molecule has 0 bridgehead atoms. The Labute approximate surface area is 217 Å². The third-order valence-electron chi connectivity index (χ3n) is 6.39.